The van der Waals surface area contributed by atoms with Crippen molar-refractivity contribution in [2.75, 3.05) is 45.7 Å². The molecule has 0 aromatic rings. The molecule has 3 aliphatic heterocycles. The summed E-state index contributed by atoms with van der Waals surface area (Å²) in [4.78, 5) is 22.8. The van der Waals surface area contributed by atoms with E-state index < -0.39 is 23.8 Å². The maximum absolute atomic E-state index is 14.6. The Morgan fingerprint density at radius 3 is 2.83 bits per heavy atom. The van der Waals surface area contributed by atoms with Crippen LogP contribution < -0.4 is 0 Å². The fourth-order valence-electron chi connectivity index (χ4n) is 4.02. The van der Waals surface area contributed by atoms with Gasteiger partial charge in [-0.05, 0) is 32.9 Å². The lowest BCUT2D eigenvalue weighted by molar-refractivity contribution is -0.119. The molecule has 0 saturated carbocycles. The van der Waals surface area contributed by atoms with E-state index in [1.54, 1.807) is 17.8 Å². The number of alkyl halides is 1. The van der Waals surface area contributed by atoms with Crippen LogP contribution in [0.4, 0.5) is 8.78 Å². The number of likely N-dealkylation sites (tertiary alicyclic amines) is 1. The number of rotatable bonds is 6. The lowest BCUT2D eigenvalue weighted by atomic mass is 9.94. The number of thioether (sulfide) groups is 1. The highest BCUT2D eigenvalue weighted by atomic mass is 32.2. The number of carbonyl (C=O) groups excluding carboxylic acids is 1. The quantitative estimate of drug-likeness (QED) is 0.637. The molecule has 4 aliphatic rings. The molecule has 3 atom stereocenters. The number of ether oxygens (including phenoxy) is 2. The maximum Gasteiger partial charge on any atom is 0.263 e. The number of fused-ring (bicyclic) bond motifs is 1. The number of hydrogen-bond acceptors (Lipinski definition) is 6. The molecule has 1 aliphatic carbocycles. The summed E-state index contributed by atoms with van der Waals surface area (Å²) in [6.07, 6.45) is 4.44. The second kappa shape index (κ2) is 9.70. The topological polar surface area (TPSA) is 63.5 Å². The summed E-state index contributed by atoms with van der Waals surface area (Å²) in [6, 6.07) is 0. The molecule has 1 unspecified atom stereocenters. The average Bonchev–Trinajstić information content (AvgIpc) is 2.72. The second-order valence-electron chi connectivity index (χ2n) is 8.17. The van der Waals surface area contributed by atoms with Gasteiger partial charge in [0.05, 0.1) is 18.1 Å². The Hall–Kier alpha value is -1.58. The number of piperidine rings is 1. The standard InChI is InChI=1S/C21H27F2N3O3S/c1-26-5-2-13(17(23)10-26)11-29-14-8-16(22)20-18(9-14)24-19(25-21(20)27)12-30-15-3-6-28-7-4-15/h8-9,13,15,17,20H,2-7,10-12H2,1H3/t13-,17+,20?/m1/s1. The van der Waals surface area contributed by atoms with Crippen LogP contribution in [-0.2, 0) is 14.3 Å². The number of amides is 1. The number of carbonyl (C=O) groups is 1. The van der Waals surface area contributed by atoms with Crippen LogP contribution >= 0.6 is 11.8 Å². The predicted octanol–water partition coefficient (Wildman–Crippen LogP) is 2.95. The Bertz CT molecular complexity index is 792. The van der Waals surface area contributed by atoms with Crippen LogP contribution in [0.2, 0.25) is 0 Å². The van der Waals surface area contributed by atoms with Crippen molar-refractivity contribution in [3.05, 3.63) is 23.7 Å². The molecule has 2 fully saturated rings. The number of halogens is 2. The summed E-state index contributed by atoms with van der Waals surface area (Å²) < 4.78 is 39.9. The Morgan fingerprint density at radius 2 is 2.07 bits per heavy atom. The number of aliphatic imine (C=N–C) groups is 2. The third kappa shape index (κ3) is 5.18. The Kier molecular flexibility index (Phi) is 7.00. The third-order valence-electron chi connectivity index (χ3n) is 5.85. The van der Waals surface area contributed by atoms with E-state index in [-0.39, 0.29) is 18.3 Å². The van der Waals surface area contributed by atoms with Gasteiger partial charge in [0, 0.05) is 43.1 Å². The monoisotopic (exact) mass is 439 g/mol. The Balaban J connectivity index is 1.39. The summed E-state index contributed by atoms with van der Waals surface area (Å²) >= 11 is 1.70. The first-order chi connectivity index (χ1) is 14.5. The van der Waals surface area contributed by atoms with Crippen molar-refractivity contribution in [2.24, 2.45) is 21.8 Å². The molecular weight excluding hydrogens is 412 g/mol. The van der Waals surface area contributed by atoms with E-state index in [0.717, 1.165) is 32.6 Å². The van der Waals surface area contributed by atoms with Crippen molar-refractivity contribution in [1.82, 2.24) is 4.90 Å². The molecule has 0 spiro atoms. The van der Waals surface area contributed by atoms with Gasteiger partial charge >= 0.3 is 0 Å². The lowest BCUT2D eigenvalue weighted by Gasteiger charge is -2.32. The van der Waals surface area contributed by atoms with Gasteiger partial charge in [-0.2, -0.15) is 16.8 Å². The van der Waals surface area contributed by atoms with E-state index in [1.807, 2.05) is 11.9 Å². The summed E-state index contributed by atoms with van der Waals surface area (Å²) in [5.41, 5.74) is 0.313. The van der Waals surface area contributed by atoms with Crippen LogP contribution in [0.15, 0.2) is 33.7 Å². The van der Waals surface area contributed by atoms with Crippen molar-refractivity contribution in [1.29, 1.82) is 0 Å². The van der Waals surface area contributed by atoms with E-state index in [0.29, 0.717) is 35.5 Å². The van der Waals surface area contributed by atoms with Crippen LogP contribution in [0.3, 0.4) is 0 Å². The highest BCUT2D eigenvalue weighted by Gasteiger charge is 2.35. The molecule has 1 amide bonds. The van der Waals surface area contributed by atoms with Crippen molar-refractivity contribution in [3.8, 4) is 0 Å². The first-order valence-electron chi connectivity index (χ1n) is 10.4. The third-order valence-corrected chi connectivity index (χ3v) is 7.21. The second-order valence-corrected chi connectivity index (χ2v) is 9.46. The van der Waals surface area contributed by atoms with E-state index in [1.165, 1.54) is 6.08 Å². The molecular formula is C21H27F2N3O3S. The van der Waals surface area contributed by atoms with E-state index >= 15 is 0 Å². The van der Waals surface area contributed by atoms with Gasteiger partial charge in [0.15, 0.2) is 0 Å². The summed E-state index contributed by atoms with van der Waals surface area (Å²) in [6.45, 7) is 2.86. The fourth-order valence-corrected chi connectivity index (χ4v) is 5.06. The summed E-state index contributed by atoms with van der Waals surface area (Å²) in [5.74, 6) is -1.29. The molecule has 0 aromatic heterocycles. The van der Waals surface area contributed by atoms with Crippen LogP contribution in [0, 0.1) is 11.8 Å². The molecule has 2 saturated heterocycles. The van der Waals surface area contributed by atoms with Crippen LogP contribution in [0.1, 0.15) is 19.3 Å². The summed E-state index contributed by atoms with van der Waals surface area (Å²) in [7, 11) is 1.89. The van der Waals surface area contributed by atoms with Crippen molar-refractivity contribution < 1.29 is 23.0 Å². The van der Waals surface area contributed by atoms with Gasteiger partial charge in [-0.25, -0.2) is 13.8 Å². The number of nitrogens with zero attached hydrogens (tertiary/aromatic N) is 3. The fraction of sp³-hybridized carbons (Fsp3) is 0.667. The molecule has 0 aromatic carbocycles. The lowest BCUT2D eigenvalue weighted by Crippen LogP contribution is -2.41. The van der Waals surface area contributed by atoms with Crippen LogP contribution in [0.25, 0.3) is 0 Å². The SMILES string of the molecule is CN1CC[C@H](COC2=CC3=NC(CSC4CCOCC4)=NC(=O)C3C(F)=C2)[C@@H](F)C1. The van der Waals surface area contributed by atoms with Gasteiger partial charge in [0.1, 0.15) is 29.5 Å². The Morgan fingerprint density at radius 1 is 1.27 bits per heavy atom. The van der Waals surface area contributed by atoms with E-state index in [4.69, 9.17) is 9.47 Å². The molecule has 0 bridgehead atoms. The van der Waals surface area contributed by atoms with Gasteiger partial charge in [-0.1, -0.05) is 0 Å². The first kappa shape index (κ1) is 21.6. The van der Waals surface area contributed by atoms with Gasteiger partial charge < -0.3 is 14.4 Å². The summed E-state index contributed by atoms with van der Waals surface area (Å²) in [5, 5.41) is 0.454. The van der Waals surface area contributed by atoms with E-state index in [9.17, 15) is 13.6 Å². The highest BCUT2D eigenvalue weighted by molar-refractivity contribution is 8.00. The molecule has 3 heterocycles. The van der Waals surface area contributed by atoms with Crippen molar-refractivity contribution >= 4 is 29.2 Å². The van der Waals surface area contributed by atoms with Crippen LogP contribution in [0.5, 0.6) is 0 Å². The molecule has 0 radical (unpaired) electrons. The van der Waals surface area contributed by atoms with Crippen LogP contribution in [-0.4, -0.2) is 79.5 Å². The van der Waals surface area contributed by atoms with Crippen molar-refractivity contribution in [3.63, 3.8) is 0 Å². The molecule has 9 heteroatoms. The van der Waals surface area contributed by atoms with E-state index in [2.05, 4.69) is 9.98 Å². The zero-order valence-corrected chi connectivity index (χ0v) is 17.9. The van der Waals surface area contributed by atoms with Gasteiger partial charge in [0.25, 0.3) is 5.91 Å². The molecule has 4 rings (SSSR count). The first-order valence-corrected chi connectivity index (χ1v) is 11.5. The largest absolute Gasteiger partial charge is 0.493 e. The minimum Gasteiger partial charge on any atom is -0.493 e. The predicted molar refractivity (Wildman–Crippen MR) is 113 cm³/mol. The smallest absolute Gasteiger partial charge is 0.263 e. The molecule has 0 N–H and O–H groups in total. The molecule has 164 valence electrons. The zero-order chi connectivity index (χ0) is 21.1. The highest BCUT2D eigenvalue weighted by Crippen LogP contribution is 2.30. The van der Waals surface area contributed by atoms with Gasteiger partial charge in [0.2, 0.25) is 0 Å². The zero-order valence-electron chi connectivity index (χ0n) is 17.1. The Labute approximate surface area is 179 Å². The maximum atomic E-state index is 14.6. The average molecular weight is 440 g/mol. The molecule has 6 nitrogen and oxygen atoms in total. The number of amidine groups is 1. The number of hydrogen-bond donors (Lipinski definition) is 0. The van der Waals surface area contributed by atoms with Gasteiger partial charge in [-0.15, -0.1) is 0 Å². The normalized spacial score (nSPS) is 30.8. The molecule has 30 heavy (non-hydrogen) atoms. The number of allylic oxidation sites excluding steroid dienone is 2. The van der Waals surface area contributed by atoms with Crippen molar-refractivity contribution in [2.45, 2.75) is 30.7 Å². The minimum atomic E-state index is -1.09. The van der Waals surface area contributed by atoms with Gasteiger partial charge in [-0.3, -0.25) is 4.79 Å². The minimum absolute atomic E-state index is 0.178.